The van der Waals surface area contributed by atoms with Crippen LogP contribution in [0.5, 0.6) is 0 Å². The number of H-pyrrole nitrogens is 1. The normalized spacial score (nSPS) is 11.4. The minimum Gasteiger partial charge on any atom is -0.341 e. The molecular formula is C23H19N5O3S. The maximum Gasteiger partial charge on any atom is 0.271 e. The smallest absolute Gasteiger partial charge is 0.271 e. The number of hydrogen-bond donors (Lipinski definition) is 2. The number of nitrogens with zero attached hydrogens (tertiary/aromatic N) is 3. The van der Waals surface area contributed by atoms with E-state index in [2.05, 4.69) is 38.9 Å². The fourth-order valence-corrected chi connectivity index (χ4v) is 4.64. The summed E-state index contributed by atoms with van der Waals surface area (Å²) in [5, 5.41) is 16.7. The minimum absolute atomic E-state index is 0.00438. The maximum atomic E-state index is 12.5. The predicted octanol–water partition coefficient (Wildman–Crippen LogP) is 5.33. The monoisotopic (exact) mass is 445 g/mol. The summed E-state index contributed by atoms with van der Waals surface area (Å²) in [5.74, 6) is 0.0106. The van der Waals surface area contributed by atoms with Crippen LogP contribution in [0.25, 0.3) is 32.8 Å². The molecule has 5 rings (SSSR count). The summed E-state index contributed by atoms with van der Waals surface area (Å²) >= 11 is 1.25. The highest BCUT2D eigenvalue weighted by Crippen LogP contribution is 2.31. The van der Waals surface area contributed by atoms with Crippen LogP contribution in [0.3, 0.4) is 0 Å². The quantitative estimate of drug-likeness (QED) is 0.209. The van der Waals surface area contributed by atoms with Crippen molar-refractivity contribution in [3.05, 3.63) is 70.8 Å². The van der Waals surface area contributed by atoms with E-state index in [1.165, 1.54) is 29.4 Å². The van der Waals surface area contributed by atoms with Gasteiger partial charge in [-0.15, -0.1) is 0 Å². The number of carbonyl (C=O) groups excluding carboxylic acids is 1. The molecule has 0 radical (unpaired) electrons. The molecular weight excluding hydrogens is 426 g/mol. The fourth-order valence-electron chi connectivity index (χ4n) is 3.96. The molecule has 3 aromatic carbocycles. The zero-order valence-corrected chi connectivity index (χ0v) is 18.0. The van der Waals surface area contributed by atoms with Gasteiger partial charge in [-0.05, 0) is 37.3 Å². The summed E-state index contributed by atoms with van der Waals surface area (Å²) in [6.45, 7) is 2.99. The van der Waals surface area contributed by atoms with E-state index in [9.17, 15) is 14.9 Å². The zero-order chi connectivity index (χ0) is 22.2. The summed E-state index contributed by atoms with van der Waals surface area (Å²) in [5.41, 5.74) is 4.24. The number of aromatic nitrogens is 3. The average Bonchev–Trinajstić information content (AvgIpc) is 3.35. The Morgan fingerprint density at radius 1 is 1.12 bits per heavy atom. The Bertz CT molecular complexity index is 1500. The second kappa shape index (κ2) is 8.01. The van der Waals surface area contributed by atoms with Crippen LogP contribution in [0, 0.1) is 10.1 Å². The van der Waals surface area contributed by atoms with Crippen molar-refractivity contribution in [2.24, 2.45) is 0 Å². The van der Waals surface area contributed by atoms with E-state index in [-0.39, 0.29) is 17.3 Å². The van der Waals surface area contributed by atoms with Crippen molar-refractivity contribution >= 4 is 61.9 Å². The summed E-state index contributed by atoms with van der Waals surface area (Å²) in [6, 6.07) is 18.7. The van der Waals surface area contributed by atoms with Gasteiger partial charge in [0.2, 0.25) is 5.91 Å². The number of rotatable bonds is 6. The molecule has 1 amide bonds. The molecule has 0 aliphatic rings. The van der Waals surface area contributed by atoms with Crippen LogP contribution in [0.15, 0.2) is 65.8 Å². The third kappa shape index (κ3) is 3.56. The first-order valence-corrected chi connectivity index (χ1v) is 11.1. The Labute approximate surface area is 186 Å². The molecule has 2 N–H and O–H groups in total. The van der Waals surface area contributed by atoms with Crippen LogP contribution in [0.4, 0.5) is 11.4 Å². The average molecular weight is 446 g/mol. The van der Waals surface area contributed by atoms with Crippen LogP contribution in [-0.2, 0) is 11.3 Å². The molecule has 0 saturated heterocycles. The number of thioether (sulfide) groups is 1. The Morgan fingerprint density at radius 2 is 1.94 bits per heavy atom. The zero-order valence-electron chi connectivity index (χ0n) is 17.2. The lowest BCUT2D eigenvalue weighted by Gasteiger charge is -2.06. The van der Waals surface area contributed by atoms with E-state index in [1.807, 2.05) is 30.3 Å². The van der Waals surface area contributed by atoms with Gasteiger partial charge in [-0.25, -0.2) is 4.98 Å². The van der Waals surface area contributed by atoms with Gasteiger partial charge in [-0.3, -0.25) is 14.9 Å². The number of nitro groups is 1. The molecule has 0 spiro atoms. The minimum atomic E-state index is -0.449. The van der Waals surface area contributed by atoms with Crippen molar-refractivity contribution in [2.45, 2.75) is 18.6 Å². The topological polar surface area (TPSA) is 106 Å². The Morgan fingerprint density at radius 3 is 2.75 bits per heavy atom. The second-order valence-electron chi connectivity index (χ2n) is 7.33. The first-order valence-electron chi connectivity index (χ1n) is 10.1. The highest BCUT2D eigenvalue weighted by molar-refractivity contribution is 7.99. The van der Waals surface area contributed by atoms with Crippen LogP contribution in [0.2, 0.25) is 0 Å². The molecule has 9 heteroatoms. The number of amides is 1. The molecule has 0 atom stereocenters. The highest BCUT2D eigenvalue weighted by atomic mass is 32.2. The standard InChI is InChI=1S/C23H19N5O3S/c1-2-27-20-6-4-3-5-16(20)17-11-14(7-10-21(17)27)24-22(29)13-32-23-25-18-9-8-15(28(30)31)12-19(18)26-23/h3-12H,2,13H2,1H3,(H,24,29)(H,25,26). The van der Waals surface area contributed by atoms with Gasteiger partial charge in [-0.2, -0.15) is 0 Å². The van der Waals surface area contributed by atoms with Gasteiger partial charge in [0.15, 0.2) is 5.16 Å². The molecule has 5 aromatic rings. The predicted molar refractivity (Wildman–Crippen MR) is 127 cm³/mol. The number of hydrogen-bond acceptors (Lipinski definition) is 5. The summed E-state index contributed by atoms with van der Waals surface area (Å²) < 4.78 is 2.26. The largest absolute Gasteiger partial charge is 0.341 e. The van der Waals surface area contributed by atoms with E-state index >= 15 is 0 Å². The van der Waals surface area contributed by atoms with Gasteiger partial charge < -0.3 is 14.9 Å². The second-order valence-corrected chi connectivity index (χ2v) is 8.29. The summed E-state index contributed by atoms with van der Waals surface area (Å²) in [7, 11) is 0. The van der Waals surface area contributed by atoms with Crippen LogP contribution >= 0.6 is 11.8 Å². The van der Waals surface area contributed by atoms with Gasteiger partial charge >= 0.3 is 0 Å². The molecule has 2 aromatic heterocycles. The van der Waals surface area contributed by atoms with Gasteiger partial charge in [-0.1, -0.05) is 30.0 Å². The molecule has 32 heavy (non-hydrogen) atoms. The van der Waals surface area contributed by atoms with E-state index in [0.717, 1.165) is 28.5 Å². The first kappa shape index (κ1) is 20.1. The lowest BCUT2D eigenvalue weighted by molar-refractivity contribution is -0.384. The van der Waals surface area contributed by atoms with E-state index in [4.69, 9.17) is 0 Å². The van der Waals surface area contributed by atoms with Crippen LogP contribution in [0.1, 0.15) is 6.92 Å². The number of anilines is 1. The van der Waals surface area contributed by atoms with Crippen molar-refractivity contribution in [3.63, 3.8) is 0 Å². The molecule has 0 bridgehead atoms. The Kier molecular flexibility index (Phi) is 5.02. The highest BCUT2D eigenvalue weighted by Gasteiger charge is 2.13. The molecule has 0 saturated carbocycles. The maximum absolute atomic E-state index is 12.5. The van der Waals surface area contributed by atoms with Gasteiger partial charge in [0.25, 0.3) is 5.69 Å². The molecule has 0 unspecified atom stereocenters. The van der Waals surface area contributed by atoms with Crippen LogP contribution < -0.4 is 5.32 Å². The van der Waals surface area contributed by atoms with Crippen molar-refractivity contribution in [1.82, 2.24) is 14.5 Å². The molecule has 0 aliphatic carbocycles. The number of non-ortho nitro benzene ring substituents is 1. The molecule has 8 nitrogen and oxygen atoms in total. The van der Waals surface area contributed by atoms with Gasteiger partial charge in [0.05, 0.1) is 21.7 Å². The molecule has 0 aliphatic heterocycles. The molecule has 160 valence electrons. The number of carbonyl (C=O) groups is 1. The van der Waals surface area contributed by atoms with Crippen LogP contribution in [-0.4, -0.2) is 31.1 Å². The summed E-state index contributed by atoms with van der Waals surface area (Å²) in [6.07, 6.45) is 0. The molecule has 0 fully saturated rings. The van der Waals surface area contributed by atoms with Crippen molar-refractivity contribution < 1.29 is 9.72 Å². The number of benzene rings is 3. The first-order chi connectivity index (χ1) is 15.5. The third-order valence-electron chi connectivity index (χ3n) is 5.37. The van der Waals surface area contributed by atoms with E-state index < -0.39 is 4.92 Å². The number of nitro benzene ring substituents is 1. The number of fused-ring (bicyclic) bond motifs is 4. The van der Waals surface area contributed by atoms with Crippen molar-refractivity contribution in [2.75, 3.05) is 11.1 Å². The number of aromatic amines is 1. The SMILES string of the molecule is CCn1c2ccccc2c2cc(NC(=O)CSc3nc4ccc([N+](=O)[O-])cc4[nH]3)ccc21. The number of para-hydroxylation sites is 1. The van der Waals surface area contributed by atoms with E-state index in [0.29, 0.717) is 16.2 Å². The number of nitrogens with one attached hydrogen (secondary N) is 2. The Balaban J connectivity index is 1.32. The fraction of sp³-hybridized carbons (Fsp3) is 0.130. The molecule has 2 heterocycles. The van der Waals surface area contributed by atoms with Gasteiger partial charge in [0, 0.05) is 46.2 Å². The lowest BCUT2D eigenvalue weighted by atomic mass is 10.1. The lowest BCUT2D eigenvalue weighted by Crippen LogP contribution is -2.14. The summed E-state index contributed by atoms with van der Waals surface area (Å²) in [4.78, 5) is 30.4. The Hall–Kier alpha value is -3.85. The number of imidazole rings is 1. The van der Waals surface area contributed by atoms with Gasteiger partial charge in [0.1, 0.15) is 0 Å². The third-order valence-corrected chi connectivity index (χ3v) is 6.24. The van der Waals surface area contributed by atoms with Crippen molar-refractivity contribution in [3.8, 4) is 0 Å². The number of aryl methyl sites for hydroxylation is 1. The van der Waals surface area contributed by atoms with Crippen molar-refractivity contribution in [1.29, 1.82) is 0 Å². The van der Waals surface area contributed by atoms with E-state index in [1.54, 1.807) is 6.07 Å².